The number of benzene rings is 2. The van der Waals surface area contributed by atoms with E-state index in [9.17, 15) is 0 Å². The lowest BCUT2D eigenvalue weighted by molar-refractivity contribution is -0.0139. The Hall–Kier alpha value is -1.64. The van der Waals surface area contributed by atoms with Crippen LogP contribution in [0.4, 0.5) is 0 Å². The summed E-state index contributed by atoms with van der Waals surface area (Å²) in [7, 11) is 1.75. The maximum atomic E-state index is 5.68. The van der Waals surface area contributed by atoms with Crippen LogP contribution in [-0.4, -0.2) is 13.7 Å². The van der Waals surface area contributed by atoms with E-state index < -0.39 is 5.79 Å². The highest BCUT2D eigenvalue weighted by molar-refractivity contribution is 5.81. The molecule has 0 spiro atoms. The van der Waals surface area contributed by atoms with Crippen LogP contribution in [-0.2, 0) is 20.7 Å². The minimum atomic E-state index is -0.509. The molecule has 2 aromatic rings. The standard InChI is InChI=1S/C24H30O2/c1-4-6-14-23(15-7-5-2)21-11-9-8-10-19(21)20-13-12-18(16-22(20)23)24(25-3)17-26-24/h8-13,16H,4-7,14-15,17H2,1-3H3. The number of methoxy groups -OCH3 is 1. The van der Waals surface area contributed by atoms with Crippen LogP contribution in [0.3, 0.4) is 0 Å². The van der Waals surface area contributed by atoms with E-state index in [1.165, 1.54) is 66.3 Å². The number of hydrogen-bond donors (Lipinski definition) is 0. The van der Waals surface area contributed by atoms with Crippen LogP contribution in [0.2, 0.25) is 0 Å². The summed E-state index contributed by atoms with van der Waals surface area (Å²) >= 11 is 0. The molecule has 2 aromatic carbocycles. The molecule has 0 N–H and O–H groups in total. The summed E-state index contributed by atoms with van der Waals surface area (Å²) in [6, 6.07) is 15.9. The van der Waals surface area contributed by atoms with Crippen molar-refractivity contribution in [3.05, 3.63) is 59.2 Å². The Balaban J connectivity index is 1.88. The number of hydrogen-bond acceptors (Lipinski definition) is 2. The Kier molecular flexibility index (Phi) is 4.66. The first-order valence-electron chi connectivity index (χ1n) is 10.1. The van der Waals surface area contributed by atoms with E-state index in [4.69, 9.17) is 9.47 Å². The molecule has 1 heterocycles. The molecular formula is C24H30O2. The lowest BCUT2D eigenvalue weighted by atomic mass is 9.70. The third-order valence-electron chi connectivity index (χ3n) is 6.36. The fraction of sp³-hybridized carbons (Fsp3) is 0.500. The van der Waals surface area contributed by atoms with Crippen LogP contribution in [0, 0.1) is 0 Å². The fourth-order valence-electron chi connectivity index (χ4n) is 4.78. The number of rotatable bonds is 8. The topological polar surface area (TPSA) is 21.8 Å². The highest BCUT2D eigenvalue weighted by Gasteiger charge is 2.49. The van der Waals surface area contributed by atoms with Gasteiger partial charge in [0.15, 0.2) is 0 Å². The summed E-state index contributed by atoms with van der Waals surface area (Å²) in [5, 5.41) is 0. The molecule has 4 rings (SSSR count). The second-order valence-electron chi connectivity index (χ2n) is 7.84. The molecule has 2 aliphatic rings. The molecule has 0 radical (unpaired) electrons. The quantitative estimate of drug-likeness (QED) is 0.532. The lowest BCUT2D eigenvalue weighted by Crippen LogP contribution is -2.26. The molecule has 2 heteroatoms. The first kappa shape index (κ1) is 17.8. The molecule has 138 valence electrons. The monoisotopic (exact) mass is 350 g/mol. The van der Waals surface area contributed by atoms with Crippen LogP contribution in [0.15, 0.2) is 42.5 Å². The summed E-state index contributed by atoms with van der Waals surface area (Å²) < 4.78 is 11.4. The van der Waals surface area contributed by atoms with Gasteiger partial charge in [0.2, 0.25) is 5.79 Å². The largest absolute Gasteiger partial charge is 0.347 e. The van der Waals surface area contributed by atoms with Crippen molar-refractivity contribution in [2.45, 2.75) is 63.6 Å². The van der Waals surface area contributed by atoms with Gasteiger partial charge in [-0.3, -0.25) is 0 Å². The fourth-order valence-corrected chi connectivity index (χ4v) is 4.78. The number of fused-ring (bicyclic) bond motifs is 3. The number of unbranched alkanes of at least 4 members (excludes halogenated alkanes) is 2. The Morgan fingerprint density at radius 2 is 1.58 bits per heavy atom. The highest BCUT2D eigenvalue weighted by Crippen LogP contribution is 2.55. The van der Waals surface area contributed by atoms with E-state index in [-0.39, 0.29) is 5.41 Å². The zero-order valence-electron chi connectivity index (χ0n) is 16.3. The molecule has 1 saturated heterocycles. The zero-order valence-corrected chi connectivity index (χ0v) is 16.3. The van der Waals surface area contributed by atoms with E-state index in [2.05, 4.69) is 56.3 Å². The van der Waals surface area contributed by atoms with Crippen molar-refractivity contribution in [3.8, 4) is 11.1 Å². The maximum absolute atomic E-state index is 5.68. The highest BCUT2D eigenvalue weighted by atomic mass is 16.8. The van der Waals surface area contributed by atoms with Gasteiger partial charge in [-0.05, 0) is 41.2 Å². The molecule has 0 bridgehead atoms. The smallest absolute Gasteiger partial charge is 0.219 e. The Bertz CT molecular complexity index is 781. The second kappa shape index (κ2) is 6.83. The van der Waals surface area contributed by atoms with Crippen LogP contribution < -0.4 is 0 Å². The van der Waals surface area contributed by atoms with Gasteiger partial charge in [0.1, 0.15) is 6.61 Å². The molecule has 0 amide bonds. The van der Waals surface area contributed by atoms with Gasteiger partial charge in [0, 0.05) is 18.1 Å². The van der Waals surface area contributed by atoms with E-state index in [0.29, 0.717) is 6.61 Å². The van der Waals surface area contributed by atoms with E-state index in [0.717, 1.165) is 0 Å². The summed E-state index contributed by atoms with van der Waals surface area (Å²) in [5.41, 5.74) is 7.15. The molecule has 0 saturated carbocycles. The van der Waals surface area contributed by atoms with Gasteiger partial charge in [0.25, 0.3) is 0 Å². The molecule has 1 unspecified atom stereocenters. The SMILES string of the molecule is CCCCC1(CCCC)c2ccccc2-c2ccc(C3(OC)CO3)cc21. The Morgan fingerprint density at radius 3 is 2.19 bits per heavy atom. The van der Waals surface area contributed by atoms with Gasteiger partial charge < -0.3 is 9.47 Å². The summed E-state index contributed by atoms with van der Waals surface area (Å²) in [5.74, 6) is -0.509. The minimum Gasteiger partial charge on any atom is -0.347 e. The van der Waals surface area contributed by atoms with E-state index in [1.54, 1.807) is 7.11 Å². The van der Waals surface area contributed by atoms with E-state index in [1.807, 2.05) is 0 Å². The van der Waals surface area contributed by atoms with Crippen molar-refractivity contribution in [2.75, 3.05) is 13.7 Å². The van der Waals surface area contributed by atoms with Crippen LogP contribution in [0.5, 0.6) is 0 Å². The number of epoxide rings is 1. The summed E-state index contributed by atoms with van der Waals surface area (Å²) in [6.07, 6.45) is 7.42. The predicted octanol–water partition coefficient (Wildman–Crippen LogP) is 6.16. The Morgan fingerprint density at radius 1 is 0.923 bits per heavy atom. The van der Waals surface area contributed by atoms with Crippen molar-refractivity contribution >= 4 is 0 Å². The van der Waals surface area contributed by atoms with Crippen molar-refractivity contribution in [2.24, 2.45) is 0 Å². The summed E-state index contributed by atoms with van der Waals surface area (Å²) in [6.45, 7) is 5.25. The van der Waals surface area contributed by atoms with Crippen LogP contribution in [0.1, 0.15) is 69.1 Å². The normalized spacial score (nSPS) is 22.1. The third-order valence-corrected chi connectivity index (χ3v) is 6.36. The van der Waals surface area contributed by atoms with Crippen molar-refractivity contribution < 1.29 is 9.47 Å². The van der Waals surface area contributed by atoms with Gasteiger partial charge in [0.05, 0.1) is 0 Å². The van der Waals surface area contributed by atoms with Crippen molar-refractivity contribution in [1.82, 2.24) is 0 Å². The van der Waals surface area contributed by atoms with Crippen molar-refractivity contribution in [3.63, 3.8) is 0 Å². The molecule has 1 atom stereocenters. The first-order valence-corrected chi connectivity index (χ1v) is 10.1. The average Bonchev–Trinajstić information content (AvgIpc) is 3.45. The van der Waals surface area contributed by atoms with Crippen LogP contribution in [0.25, 0.3) is 11.1 Å². The van der Waals surface area contributed by atoms with Gasteiger partial charge in [-0.25, -0.2) is 0 Å². The second-order valence-corrected chi connectivity index (χ2v) is 7.84. The average molecular weight is 351 g/mol. The summed E-state index contributed by atoms with van der Waals surface area (Å²) in [4.78, 5) is 0. The molecule has 2 nitrogen and oxygen atoms in total. The maximum Gasteiger partial charge on any atom is 0.219 e. The predicted molar refractivity (Wildman–Crippen MR) is 106 cm³/mol. The molecule has 26 heavy (non-hydrogen) atoms. The molecule has 1 fully saturated rings. The van der Waals surface area contributed by atoms with Gasteiger partial charge >= 0.3 is 0 Å². The van der Waals surface area contributed by atoms with Gasteiger partial charge in [-0.15, -0.1) is 0 Å². The van der Waals surface area contributed by atoms with E-state index >= 15 is 0 Å². The molecule has 1 aliphatic heterocycles. The van der Waals surface area contributed by atoms with Gasteiger partial charge in [-0.2, -0.15) is 0 Å². The molecule has 1 aliphatic carbocycles. The van der Waals surface area contributed by atoms with Crippen molar-refractivity contribution in [1.29, 1.82) is 0 Å². The third kappa shape index (κ3) is 2.62. The molecular weight excluding hydrogens is 320 g/mol. The minimum absolute atomic E-state index is 0.137. The zero-order chi connectivity index (χ0) is 18.2. The number of ether oxygens (including phenoxy) is 2. The Labute approximate surface area is 157 Å². The lowest BCUT2D eigenvalue weighted by Gasteiger charge is -2.33. The first-order chi connectivity index (χ1) is 12.7. The van der Waals surface area contributed by atoms with Gasteiger partial charge in [-0.1, -0.05) is 75.9 Å². The molecule has 0 aromatic heterocycles. The van der Waals surface area contributed by atoms with Crippen LogP contribution >= 0.6 is 0 Å².